The molecule has 0 unspecified atom stereocenters. The second-order valence-corrected chi connectivity index (χ2v) is 8.95. The van der Waals surface area contributed by atoms with Gasteiger partial charge in [0.25, 0.3) is 0 Å². The van der Waals surface area contributed by atoms with Gasteiger partial charge in [-0.3, -0.25) is 14.8 Å². The molecule has 0 bridgehead atoms. The van der Waals surface area contributed by atoms with Gasteiger partial charge in [-0.15, -0.1) is 35.9 Å². The van der Waals surface area contributed by atoms with Crippen LogP contribution in [0.15, 0.2) is 0 Å². The third-order valence-corrected chi connectivity index (χ3v) is 7.47. The van der Waals surface area contributed by atoms with Gasteiger partial charge in [-0.2, -0.15) is 0 Å². The highest BCUT2D eigenvalue weighted by Gasteiger charge is 2.44. The predicted molar refractivity (Wildman–Crippen MR) is 97.3 cm³/mol. The van der Waals surface area contributed by atoms with Gasteiger partial charge in [0, 0.05) is 31.0 Å². The summed E-state index contributed by atoms with van der Waals surface area (Å²) in [5.41, 5.74) is 1.63. The highest BCUT2D eigenvalue weighted by Crippen LogP contribution is 2.49. The van der Waals surface area contributed by atoms with Gasteiger partial charge in [0.05, 0.1) is 10.1 Å². The fraction of sp³-hybridized carbons (Fsp3) is 0.857. The molecule has 4 N–H and O–H groups in total. The van der Waals surface area contributed by atoms with Gasteiger partial charge in [0.2, 0.25) is 11.8 Å². The Kier molecular flexibility index (Phi) is 9.68. The first-order valence-electron chi connectivity index (χ1n) is 7.87. The Morgan fingerprint density at radius 2 is 1.87 bits per heavy atom. The van der Waals surface area contributed by atoms with Gasteiger partial charge >= 0.3 is 0 Å². The second-order valence-electron chi connectivity index (χ2n) is 5.74. The third kappa shape index (κ3) is 6.70. The van der Waals surface area contributed by atoms with E-state index in [-0.39, 0.29) is 34.3 Å². The Balaban J connectivity index is 0.00000264. The molecular formula is C14H26ClN3O3S2. The van der Waals surface area contributed by atoms with Gasteiger partial charge in [-0.25, -0.2) is 5.48 Å². The van der Waals surface area contributed by atoms with Gasteiger partial charge in [0.1, 0.15) is 0 Å². The molecule has 1 spiro atoms. The SMILES string of the molecule is Cl.O=C(CCCCCCNC(=O)[C@@H]1CC2(CN1)SCCS2)NO. The van der Waals surface area contributed by atoms with Crippen LogP contribution in [-0.2, 0) is 9.59 Å². The normalized spacial score (nSPS) is 21.9. The Bertz CT molecular complexity index is 395. The van der Waals surface area contributed by atoms with E-state index in [0.717, 1.165) is 38.6 Å². The van der Waals surface area contributed by atoms with E-state index in [1.165, 1.54) is 11.5 Å². The minimum Gasteiger partial charge on any atom is -0.355 e. The lowest BCUT2D eigenvalue weighted by Crippen LogP contribution is -2.40. The molecule has 9 heteroatoms. The minimum absolute atomic E-state index is 0. The first kappa shape index (κ1) is 20.9. The molecule has 0 aromatic rings. The Morgan fingerprint density at radius 3 is 2.57 bits per heavy atom. The molecule has 6 nitrogen and oxygen atoms in total. The van der Waals surface area contributed by atoms with E-state index in [4.69, 9.17) is 5.21 Å². The molecule has 2 amide bonds. The number of hydroxylamine groups is 1. The Hall–Kier alpha value is -0.150. The average Bonchev–Trinajstić information content (AvgIpc) is 3.16. The molecule has 0 aromatic carbocycles. The average molecular weight is 384 g/mol. The summed E-state index contributed by atoms with van der Waals surface area (Å²) in [7, 11) is 0. The minimum atomic E-state index is -0.336. The standard InChI is InChI=1S/C14H25N3O3S2.ClH/c18-12(17-20)5-3-1-2-4-6-15-13(19)11-9-14(10-16-11)21-7-8-22-14;/h11,16,20H,1-10H2,(H,15,19)(H,17,18);1H/t11-;/m0./s1. The first-order valence-corrected chi connectivity index (χ1v) is 9.84. The summed E-state index contributed by atoms with van der Waals surface area (Å²) in [6.45, 7) is 1.61. The lowest BCUT2D eigenvalue weighted by atomic mass is 10.1. The van der Waals surface area contributed by atoms with E-state index in [9.17, 15) is 9.59 Å². The predicted octanol–water partition coefficient (Wildman–Crippen LogP) is 1.52. The van der Waals surface area contributed by atoms with Crippen molar-refractivity contribution in [3.05, 3.63) is 0 Å². The van der Waals surface area contributed by atoms with Crippen molar-refractivity contribution in [1.82, 2.24) is 16.1 Å². The quantitative estimate of drug-likeness (QED) is 0.288. The van der Waals surface area contributed by atoms with Crippen molar-refractivity contribution >= 4 is 47.7 Å². The van der Waals surface area contributed by atoms with Crippen LogP contribution in [-0.4, -0.2) is 51.7 Å². The summed E-state index contributed by atoms with van der Waals surface area (Å²) in [5.74, 6) is 2.16. The van der Waals surface area contributed by atoms with Gasteiger partial charge in [-0.1, -0.05) is 12.8 Å². The van der Waals surface area contributed by atoms with Crippen LogP contribution in [0.3, 0.4) is 0 Å². The molecule has 0 saturated carbocycles. The van der Waals surface area contributed by atoms with Crippen molar-refractivity contribution in [1.29, 1.82) is 0 Å². The number of carbonyl (C=O) groups is 2. The number of hydrogen-bond acceptors (Lipinski definition) is 6. The molecule has 2 saturated heterocycles. The number of thioether (sulfide) groups is 2. The smallest absolute Gasteiger partial charge is 0.243 e. The van der Waals surface area contributed by atoms with Crippen LogP contribution in [0.2, 0.25) is 0 Å². The summed E-state index contributed by atoms with van der Waals surface area (Å²) in [6.07, 6.45) is 4.88. The first-order chi connectivity index (χ1) is 10.7. The molecule has 1 atom stereocenters. The maximum absolute atomic E-state index is 12.1. The van der Waals surface area contributed by atoms with E-state index in [1.54, 1.807) is 5.48 Å². The second kappa shape index (κ2) is 10.7. The number of rotatable bonds is 8. The topological polar surface area (TPSA) is 90.5 Å². The van der Waals surface area contributed by atoms with E-state index < -0.39 is 0 Å². The number of unbranched alkanes of at least 4 members (excludes halogenated alkanes) is 3. The van der Waals surface area contributed by atoms with Crippen molar-refractivity contribution in [2.45, 2.75) is 48.6 Å². The monoisotopic (exact) mass is 383 g/mol. The van der Waals surface area contributed by atoms with Crippen molar-refractivity contribution in [3.8, 4) is 0 Å². The molecule has 0 aromatic heterocycles. The Labute approximate surface area is 152 Å². The fourth-order valence-electron chi connectivity index (χ4n) is 2.79. The van der Waals surface area contributed by atoms with Crippen LogP contribution in [0.25, 0.3) is 0 Å². The molecule has 0 radical (unpaired) electrons. The molecule has 0 aliphatic carbocycles. The van der Waals surface area contributed by atoms with Crippen LogP contribution in [0.4, 0.5) is 0 Å². The van der Waals surface area contributed by atoms with E-state index in [2.05, 4.69) is 10.6 Å². The molecule has 2 rings (SSSR count). The number of hydrogen-bond donors (Lipinski definition) is 4. The maximum atomic E-state index is 12.1. The number of nitrogens with one attached hydrogen (secondary N) is 3. The lowest BCUT2D eigenvalue weighted by Gasteiger charge is -2.19. The maximum Gasteiger partial charge on any atom is 0.243 e. The largest absolute Gasteiger partial charge is 0.355 e. The molecular weight excluding hydrogens is 358 g/mol. The van der Waals surface area contributed by atoms with Crippen LogP contribution in [0.1, 0.15) is 38.5 Å². The fourth-order valence-corrected chi connectivity index (χ4v) is 5.98. The zero-order chi connectivity index (χ0) is 15.8. The highest BCUT2D eigenvalue weighted by atomic mass is 35.5. The zero-order valence-corrected chi connectivity index (χ0v) is 15.6. The van der Waals surface area contributed by atoms with Crippen LogP contribution in [0, 0.1) is 0 Å². The molecule has 2 aliphatic rings. The van der Waals surface area contributed by atoms with E-state index in [0.29, 0.717) is 13.0 Å². The summed E-state index contributed by atoms with van der Waals surface area (Å²) in [4.78, 5) is 22.9. The molecule has 2 fully saturated rings. The summed E-state index contributed by atoms with van der Waals surface area (Å²) < 4.78 is 0.231. The number of amides is 2. The summed E-state index contributed by atoms with van der Waals surface area (Å²) >= 11 is 3.97. The summed E-state index contributed by atoms with van der Waals surface area (Å²) in [5, 5.41) is 14.7. The highest BCUT2D eigenvalue weighted by molar-refractivity contribution is 8.21. The molecule has 134 valence electrons. The lowest BCUT2D eigenvalue weighted by molar-refractivity contribution is -0.129. The van der Waals surface area contributed by atoms with Crippen molar-refractivity contribution in [2.24, 2.45) is 0 Å². The van der Waals surface area contributed by atoms with Gasteiger partial charge < -0.3 is 10.6 Å². The van der Waals surface area contributed by atoms with Crippen molar-refractivity contribution < 1.29 is 14.8 Å². The summed E-state index contributed by atoms with van der Waals surface area (Å²) in [6, 6.07) is -0.0497. The molecule has 23 heavy (non-hydrogen) atoms. The van der Waals surface area contributed by atoms with E-state index >= 15 is 0 Å². The number of halogens is 1. The van der Waals surface area contributed by atoms with Crippen LogP contribution >= 0.6 is 35.9 Å². The molecule has 2 heterocycles. The van der Waals surface area contributed by atoms with Crippen LogP contribution < -0.4 is 16.1 Å². The van der Waals surface area contributed by atoms with Gasteiger partial charge in [0.15, 0.2) is 0 Å². The van der Waals surface area contributed by atoms with E-state index in [1.807, 2.05) is 23.5 Å². The van der Waals surface area contributed by atoms with Crippen molar-refractivity contribution in [2.75, 3.05) is 24.6 Å². The third-order valence-electron chi connectivity index (χ3n) is 4.02. The van der Waals surface area contributed by atoms with Gasteiger partial charge in [-0.05, 0) is 19.3 Å². The van der Waals surface area contributed by atoms with Crippen molar-refractivity contribution in [3.63, 3.8) is 0 Å². The molecule has 2 aliphatic heterocycles. The zero-order valence-electron chi connectivity index (χ0n) is 13.1. The number of carbonyl (C=O) groups excluding carboxylic acids is 2. The Morgan fingerprint density at radius 1 is 1.17 bits per heavy atom. The van der Waals surface area contributed by atoms with Crippen LogP contribution in [0.5, 0.6) is 0 Å².